The number of hydrogen-bond donors (Lipinski definition) is 2. The average molecular weight is 271 g/mol. The number of aryl methyl sites for hydroxylation is 1. The number of rotatable bonds is 7. The van der Waals surface area contributed by atoms with E-state index in [1.54, 1.807) is 14.0 Å². The number of methoxy groups -OCH3 is 1. The predicted molar refractivity (Wildman–Crippen MR) is 70.2 cm³/mol. The lowest BCUT2D eigenvalue weighted by molar-refractivity contribution is -0.119. The van der Waals surface area contributed by atoms with Gasteiger partial charge in [0.2, 0.25) is 5.91 Å². The lowest BCUT2D eigenvalue weighted by Gasteiger charge is -2.06. The lowest BCUT2D eigenvalue weighted by atomic mass is 10.2. The molecule has 0 aliphatic carbocycles. The third-order valence-electron chi connectivity index (χ3n) is 2.25. The summed E-state index contributed by atoms with van der Waals surface area (Å²) in [5.74, 6) is -0.198. The van der Waals surface area contributed by atoms with Crippen LogP contribution in [-0.2, 0) is 9.53 Å². The highest BCUT2D eigenvalue weighted by atomic mass is 32.1. The van der Waals surface area contributed by atoms with Gasteiger partial charge in [-0.25, -0.2) is 0 Å². The number of nitrogens with one attached hydrogen (secondary N) is 2. The smallest absolute Gasteiger partial charge is 0.239 e. The number of amides is 1. The summed E-state index contributed by atoms with van der Waals surface area (Å²) in [6.07, 6.45) is 0. The molecule has 1 heterocycles. The number of carbonyl (C=O) groups is 2. The molecule has 7 heteroatoms. The molecule has 1 aromatic rings. The Morgan fingerprint density at radius 3 is 2.78 bits per heavy atom. The van der Waals surface area contributed by atoms with E-state index in [2.05, 4.69) is 15.0 Å². The molecule has 0 aromatic carbocycles. The van der Waals surface area contributed by atoms with Crippen molar-refractivity contribution in [3.63, 3.8) is 0 Å². The van der Waals surface area contributed by atoms with Crippen LogP contribution in [0.3, 0.4) is 0 Å². The molecule has 0 saturated carbocycles. The average Bonchev–Trinajstić information content (AvgIpc) is 2.68. The fraction of sp³-hybridized carbons (Fsp3) is 0.545. The van der Waals surface area contributed by atoms with Crippen LogP contribution in [-0.4, -0.2) is 42.9 Å². The van der Waals surface area contributed by atoms with Crippen LogP contribution < -0.4 is 10.6 Å². The molecule has 1 rings (SSSR count). The molecule has 1 amide bonds. The molecule has 0 bridgehead atoms. The van der Waals surface area contributed by atoms with Gasteiger partial charge in [-0.3, -0.25) is 9.59 Å². The van der Waals surface area contributed by atoms with Crippen LogP contribution in [0.5, 0.6) is 0 Å². The molecular weight excluding hydrogens is 254 g/mol. The van der Waals surface area contributed by atoms with Crippen molar-refractivity contribution in [3.8, 4) is 0 Å². The zero-order valence-corrected chi connectivity index (χ0v) is 11.5. The van der Waals surface area contributed by atoms with Gasteiger partial charge in [0.25, 0.3) is 0 Å². The fourth-order valence-corrected chi connectivity index (χ4v) is 2.26. The van der Waals surface area contributed by atoms with Gasteiger partial charge in [0.05, 0.1) is 24.4 Å². The van der Waals surface area contributed by atoms with Crippen LogP contribution >= 0.6 is 11.5 Å². The lowest BCUT2D eigenvalue weighted by Crippen LogP contribution is -2.32. The van der Waals surface area contributed by atoms with Gasteiger partial charge in [-0.15, -0.1) is 0 Å². The molecule has 6 nitrogen and oxygen atoms in total. The van der Waals surface area contributed by atoms with Gasteiger partial charge < -0.3 is 15.4 Å². The number of nitrogens with zero attached hydrogens (tertiary/aromatic N) is 1. The van der Waals surface area contributed by atoms with E-state index in [1.807, 2.05) is 0 Å². The Bertz CT molecular complexity index is 431. The number of ether oxygens (including phenoxy) is 1. The van der Waals surface area contributed by atoms with E-state index in [4.69, 9.17) is 4.74 Å². The molecule has 2 N–H and O–H groups in total. The second kappa shape index (κ2) is 7.07. The summed E-state index contributed by atoms with van der Waals surface area (Å²) in [4.78, 5) is 22.9. The van der Waals surface area contributed by atoms with Gasteiger partial charge in [0, 0.05) is 13.7 Å². The Kier molecular flexibility index (Phi) is 5.73. The first-order valence-electron chi connectivity index (χ1n) is 5.53. The first-order chi connectivity index (χ1) is 8.56. The number of aromatic nitrogens is 1. The molecule has 100 valence electrons. The first kappa shape index (κ1) is 14.6. The number of carbonyl (C=O) groups excluding carboxylic acids is 2. The Balaban J connectivity index is 2.48. The van der Waals surface area contributed by atoms with E-state index < -0.39 is 0 Å². The van der Waals surface area contributed by atoms with E-state index >= 15 is 0 Å². The summed E-state index contributed by atoms with van der Waals surface area (Å²) >= 11 is 1.19. The van der Waals surface area contributed by atoms with E-state index in [0.717, 1.165) is 0 Å². The largest absolute Gasteiger partial charge is 0.383 e. The SMILES string of the molecule is COCCNC(=O)CNc1snc(C)c1C(C)=O. The molecular formula is C11H17N3O3S. The molecule has 0 aliphatic heterocycles. The Morgan fingerprint density at radius 1 is 1.44 bits per heavy atom. The highest BCUT2D eigenvalue weighted by Gasteiger charge is 2.15. The van der Waals surface area contributed by atoms with Crippen LogP contribution in [0.15, 0.2) is 0 Å². The van der Waals surface area contributed by atoms with E-state index in [1.165, 1.54) is 18.5 Å². The molecule has 0 aliphatic rings. The molecule has 0 radical (unpaired) electrons. The second-order valence-electron chi connectivity index (χ2n) is 3.72. The molecule has 0 spiro atoms. The van der Waals surface area contributed by atoms with Gasteiger partial charge in [0.1, 0.15) is 5.00 Å². The highest BCUT2D eigenvalue weighted by molar-refractivity contribution is 7.10. The maximum Gasteiger partial charge on any atom is 0.239 e. The van der Waals surface area contributed by atoms with Crippen LogP contribution in [0.4, 0.5) is 5.00 Å². The van der Waals surface area contributed by atoms with Crippen molar-refractivity contribution in [2.45, 2.75) is 13.8 Å². The normalized spacial score (nSPS) is 10.2. The van der Waals surface area contributed by atoms with Gasteiger partial charge in [0.15, 0.2) is 5.78 Å². The van der Waals surface area contributed by atoms with Gasteiger partial charge >= 0.3 is 0 Å². The number of Topliss-reactive ketones (excluding diaryl/α,β-unsaturated/α-hetero) is 1. The van der Waals surface area contributed by atoms with Gasteiger partial charge in [-0.2, -0.15) is 4.37 Å². The van der Waals surface area contributed by atoms with Gasteiger partial charge in [-0.1, -0.05) is 0 Å². The van der Waals surface area contributed by atoms with Crippen LogP contribution in [0.25, 0.3) is 0 Å². The van der Waals surface area contributed by atoms with Crippen LogP contribution in [0.1, 0.15) is 23.0 Å². The Morgan fingerprint density at radius 2 is 2.17 bits per heavy atom. The van der Waals surface area contributed by atoms with Crippen molar-refractivity contribution in [3.05, 3.63) is 11.3 Å². The third-order valence-corrected chi connectivity index (χ3v) is 3.15. The highest BCUT2D eigenvalue weighted by Crippen LogP contribution is 2.24. The number of hydrogen-bond acceptors (Lipinski definition) is 6. The quantitative estimate of drug-likeness (QED) is 0.567. The van der Waals surface area contributed by atoms with E-state index in [9.17, 15) is 9.59 Å². The summed E-state index contributed by atoms with van der Waals surface area (Å²) in [7, 11) is 1.57. The van der Waals surface area contributed by atoms with Crippen LogP contribution in [0.2, 0.25) is 0 Å². The fourth-order valence-electron chi connectivity index (χ4n) is 1.42. The number of ketones is 1. The van der Waals surface area contributed by atoms with E-state index in [0.29, 0.717) is 29.4 Å². The topological polar surface area (TPSA) is 80.3 Å². The van der Waals surface area contributed by atoms with Gasteiger partial charge in [-0.05, 0) is 25.4 Å². The van der Waals surface area contributed by atoms with Crippen molar-refractivity contribution < 1.29 is 14.3 Å². The first-order valence-corrected chi connectivity index (χ1v) is 6.30. The monoisotopic (exact) mass is 271 g/mol. The summed E-state index contributed by atoms with van der Waals surface area (Å²) in [5.41, 5.74) is 1.25. The number of anilines is 1. The van der Waals surface area contributed by atoms with Crippen molar-refractivity contribution in [2.75, 3.05) is 32.1 Å². The molecule has 0 saturated heterocycles. The Labute approximate surface area is 110 Å². The maximum atomic E-state index is 11.4. The second-order valence-corrected chi connectivity index (χ2v) is 4.50. The van der Waals surface area contributed by atoms with Crippen molar-refractivity contribution in [1.29, 1.82) is 0 Å². The van der Waals surface area contributed by atoms with E-state index in [-0.39, 0.29) is 18.2 Å². The van der Waals surface area contributed by atoms with Crippen molar-refractivity contribution >= 4 is 28.2 Å². The zero-order valence-electron chi connectivity index (χ0n) is 10.7. The predicted octanol–water partition coefficient (Wildman–Crippen LogP) is 0.829. The minimum absolute atomic E-state index is 0.0523. The summed E-state index contributed by atoms with van der Waals surface area (Å²) in [6, 6.07) is 0. The molecule has 0 atom stereocenters. The van der Waals surface area contributed by atoms with Crippen molar-refractivity contribution in [1.82, 2.24) is 9.69 Å². The Hall–Kier alpha value is -1.47. The maximum absolute atomic E-state index is 11.4. The molecule has 18 heavy (non-hydrogen) atoms. The summed E-state index contributed by atoms with van der Waals surface area (Å²) < 4.78 is 8.92. The molecule has 0 unspecified atom stereocenters. The summed E-state index contributed by atoms with van der Waals surface area (Å²) in [5, 5.41) is 6.25. The van der Waals surface area contributed by atoms with Crippen molar-refractivity contribution in [2.24, 2.45) is 0 Å². The zero-order chi connectivity index (χ0) is 13.5. The standard InChI is InChI=1S/C11H17N3O3S/c1-7-10(8(2)15)11(18-14-7)13-6-9(16)12-4-5-17-3/h13H,4-6H2,1-3H3,(H,12,16). The van der Waals surface area contributed by atoms with Crippen LogP contribution in [0, 0.1) is 6.92 Å². The summed E-state index contributed by atoms with van der Waals surface area (Å²) in [6.45, 7) is 4.33. The molecule has 0 fully saturated rings. The minimum atomic E-state index is -0.146. The minimum Gasteiger partial charge on any atom is -0.383 e. The molecule has 1 aromatic heterocycles. The third kappa shape index (κ3) is 4.08.